The van der Waals surface area contributed by atoms with Gasteiger partial charge in [0.1, 0.15) is 0 Å². The zero-order chi connectivity index (χ0) is 4.99. The second kappa shape index (κ2) is 2.51. The molecule has 0 amide bonds. The number of hydrogen-bond donors (Lipinski definition) is 3. The highest BCUT2D eigenvalue weighted by Crippen LogP contribution is 1.48. The first-order valence-corrected chi connectivity index (χ1v) is 1.28. The van der Waals surface area contributed by atoms with Crippen LogP contribution in [0.15, 0.2) is 0 Å². The van der Waals surface area contributed by atoms with Gasteiger partial charge in [0.15, 0.2) is 6.19 Å². The lowest BCUT2D eigenvalue weighted by atomic mass is 10.2. The molecule has 0 saturated heterocycles. The Morgan fingerprint density at radius 3 is 2.17 bits per heavy atom. The van der Waals surface area contributed by atoms with Gasteiger partial charge in [-0.25, -0.2) is 0 Å². The maximum atomic E-state index is 7.77. The lowest BCUT2D eigenvalue weighted by Crippen LogP contribution is -2.28. The van der Waals surface area contributed by atoms with E-state index in [1.807, 2.05) is 0 Å². The molecule has 0 radical (unpaired) electrons. The summed E-state index contributed by atoms with van der Waals surface area (Å²) < 4.78 is 0. The van der Waals surface area contributed by atoms with E-state index in [0.717, 1.165) is 0 Å². The number of nitrogens with zero attached hydrogens (tertiary/aromatic N) is 1. The Kier molecular flexibility index (Phi) is 2.21. The minimum absolute atomic E-state index is 1.32. The highest BCUT2D eigenvalue weighted by Gasteiger charge is 2.01. The van der Waals surface area contributed by atoms with E-state index >= 15 is 0 Å². The molecule has 0 aromatic heterocycles. The van der Waals surface area contributed by atoms with E-state index in [1.165, 1.54) is 6.19 Å². The van der Waals surface area contributed by atoms with E-state index in [9.17, 15) is 0 Å². The quantitative estimate of drug-likeness (QED) is 0.196. The fourth-order valence-electron chi connectivity index (χ4n) is 0.0577. The van der Waals surface area contributed by atoms with E-state index < -0.39 is 7.25 Å². The molecular weight excluding hydrogens is 82.8 g/mol. The predicted octanol–water partition coefficient (Wildman–Crippen LogP) is -1.97. The van der Waals surface area contributed by atoms with E-state index in [0.29, 0.717) is 0 Å². The van der Waals surface area contributed by atoms with Crippen LogP contribution in [0.2, 0.25) is 0 Å². The summed E-state index contributed by atoms with van der Waals surface area (Å²) in [7, 11) is -1.71. The summed E-state index contributed by atoms with van der Waals surface area (Å²) in [5.74, 6) is 0. The van der Waals surface area contributed by atoms with Gasteiger partial charge in [0.05, 0.1) is 0 Å². The van der Waals surface area contributed by atoms with Crippen molar-refractivity contribution in [1.82, 2.24) is 5.23 Å². The molecule has 0 spiro atoms. The van der Waals surface area contributed by atoms with Crippen molar-refractivity contribution >= 4 is 7.25 Å². The summed E-state index contributed by atoms with van der Waals surface area (Å²) in [5, 5.41) is 24.7. The predicted molar refractivity (Wildman–Crippen MR) is 18.9 cm³/mol. The fraction of sp³-hybridized carbons (Fsp3) is 0. The van der Waals surface area contributed by atoms with Gasteiger partial charge in [0, 0.05) is 0 Å². The maximum absolute atomic E-state index is 7.77. The van der Waals surface area contributed by atoms with Gasteiger partial charge in [-0.05, 0) is 0 Å². The highest BCUT2D eigenvalue weighted by molar-refractivity contribution is 6.38. The van der Waals surface area contributed by atoms with E-state index in [4.69, 9.17) is 15.3 Å². The average molecular weight is 85.9 g/mol. The Bertz CT molecular complexity index is 66.4. The zero-order valence-corrected chi connectivity index (χ0v) is 2.92. The maximum Gasteiger partial charge on any atom is 0.594 e. The van der Waals surface area contributed by atoms with Crippen molar-refractivity contribution in [3.8, 4) is 6.19 Å². The van der Waals surface area contributed by atoms with Gasteiger partial charge in [-0.3, -0.25) is 0 Å². The molecule has 0 bridgehead atoms. The Morgan fingerprint density at radius 1 is 1.67 bits per heavy atom. The van der Waals surface area contributed by atoms with Crippen LogP contribution in [0, 0.1) is 11.5 Å². The van der Waals surface area contributed by atoms with Crippen LogP contribution >= 0.6 is 0 Å². The molecule has 0 rings (SSSR count). The summed E-state index contributed by atoms with van der Waals surface area (Å²) >= 11 is 0. The Balaban J connectivity index is 2.88. The van der Waals surface area contributed by atoms with Crippen LogP contribution in [0.5, 0.6) is 0 Å². The van der Waals surface area contributed by atoms with Crippen LogP contribution in [0.1, 0.15) is 0 Å². The molecule has 0 aliphatic heterocycles. The molecule has 0 saturated carbocycles. The second-order valence-electron chi connectivity index (χ2n) is 0.630. The van der Waals surface area contributed by atoms with Gasteiger partial charge in [0.25, 0.3) is 0 Å². The molecule has 6 heavy (non-hydrogen) atoms. The Labute approximate surface area is 35.2 Å². The molecule has 0 atom stereocenters. The van der Waals surface area contributed by atoms with Crippen molar-refractivity contribution in [3.05, 3.63) is 0 Å². The lowest BCUT2D eigenvalue weighted by Gasteiger charge is -1.84. The SMILES string of the molecule is N#CNB(O)O. The van der Waals surface area contributed by atoms with Gasteiger partial charge >= 0.3 is 7.25 Å². The summed E-state index contributed by atoms with van der Waals surface area (Å²) in [5.41, 5.74) is 0. The van der Waals surface area contributed by atoms with Gasteiger partial charge in [-0.15, -0.1) is 0 Å². The third-order valence-electron chi connectivity index (χ3n) is 0.194. The average Bonchev–Trinajstić information content (AvgIpc) is 1.35. The first kappa shape index (κ1) is 5.27. The summed E-state index contributed by atoms with van der Waals surface area (Å²) in [6, 6.07) is 0. The first-order valence-electron chi connectivity index (χ1n) is 1.28. The van der Waals surface area contributed by atoms with Gasteiger partial charge in [-0.2, -0.15) is 5.26 Å². The van der Waals surface area contributed by atoms with Crippen LogP contribution < -0.4 is 5.23 Å². The molecule has 0 fully saturated rings. The van der Waals surface area contributed by atoms with Gasteiger partial charge < -0.3 is 15.3 Å². The molecule has 0 aliphatic rings. The van der Waals surface area contributed by atoms with Gasteiger partial charge in [0.2, 0.25) is 0 Å². The third-order valence-corrected chi connectivity index (χ3v) is 0.194. The van der Waals surface area contributed by atoms with Crippen molar-refractivity contribution in [2.24, 2.45) is 0 Å². The van der Waals surface area contributed by atoms with E-state index in [-0.39, 0.29) is 0 Å². The van der Waals surface area contributed by atoms with Crippen LogP contribution in [-0.2, 0) is 0 Å². The normalized spacial score (nSPS) is 6.17. The minimum Gasteiger partial charge on any atom is -0.407 e. The number of rotatable bonds is 1. The zero-order valence-electron chi connectivity index (χ0n) is 2.92. The molecule has 0 aromatic rings. The number of nitrogens with one attached hydrogen (secondary N) is 1. The second-order valence-corrected chi connectivity index (χ2v) is 0.630. The van der Waals surface area contributed by atoms with Crippen LogP contribution in [0.3, 0.4) is 0 Å². The van der Waals surface area contributed by atoms with Crippen molar-refractivity contribution < 1.29 is 10.0 Å². The van der Waals surface area contributed by atoms with E-state index in [1.54, 1.807) is 5.23 Å². The van der Waals surface area contributed by atoms with Crippen molar-refractivity contribution in [3.63, 3.8) is 0 Å². The molecule has 0 heterocycles. The summed E-state index contributed by atoms with van der Waals surface area (Å²) in [6.45, 7) is 0. The van der Waals surface area contributed by atoms with Crippen LogP contribution in [-0.4, -0.2) is 17.3 Å². The standard InChI is InChI=1S/CH3BN2O2/c3-1-4-2(5)6/h4-6H. The summed E-state index contributed by atoms with van der Waals surface area (Å²) in [6.07, 6.45) is 1.32. The van der Waals surface area contributed by atoms with Crippen molar-refractivity contribution in [1.29, 1.82) is 5.26 Å². The van der Waals surface area contributed by atoms with Crippen molar-refractivity contribution in [2.75, 3.05) is 0 Å². The first-order chi connectivity index (χ1) is 2.77. The molecule has 0 aromatic carbocycles. The lowest BCUT2D eigenvalue weighted by molar-refractivity contribution is 0.397. The third kappa shape index (κ3) is 3.27. The van der Waals surface area contributed by atoms with Crippen molar-refractivity contribution in [2.45, 2.75) is 0 Å². The molecule has 32 valence electrons. The smallest absolute Gasteiger partial charge is 0.407 e. The largest absolute Gasteiger partial charge is 0.594 e. The van der Waals surface area contributed by atoms with E-state index in [2.05, 4.69) is 0 Å². The Morgan fingerprint density at radius 2 is 2.17 bits per heavy atom. The monoisotopic (exact) mass is 86.0 g/mol. The van der Waals surface area contributed by atoms with Crippen LogP contribution in [0.4, 0.5) is 0 Å². The fourth-order valence-corrected chi connectivity index (χ4v) is 0.0577. The molecule has 5 heteroatoms. The van der Waals surface area contributed by atoms with Crippen LogP contribution in [0.25, 0.3) is 0 Å². The molecule has 0 aliphatic carbocycles. The highest BCUT2D eigenvalue weighted by atomic mass is 16.4. The van der Waals surface area contributed by atoms with Gasteiger partial charge in [-0.1, -0.05) is 0 Å². The minimum atomic E-state index is -1.71. The topological polar surface area (TPSA) is 76.3 Å². The number of hydrogen-bond acceptors (Lipinski definition) is 4. The number of nitriles is 1. The summed E-state index contributed by atoms with van der Waals surface area (Å²) in [4.78, 5) is 0. The molecule has 4 nitrogen and oxygen atoms in total. The molecular formula is CH3BN2O2. The molecule has 0 unspecified atom stereocenters. The Hall–Kier alpha value is -0.725. The molecule has 3 N–H and O–H groups in total.